The second-order valence-electron chi connectivity index (χ2n) is 9.90. The highest BCUT2D eigenvalue weighted by molar-refractivity contribution is 9.10. The number of hydrogen-bond acceptors (Lipinski definition) is 1. The molecule has 0 heterocycles. The summed E-state index contributed by atoms with van der Waals surface area (Å²) in [6.07, 6.45) is 0. The van der Waals surface area contributed by atoms with Crippen LogP contribution in [0.2, 0.25) is 0 Å². The molecule has 7 rings (SSSR count). The summed E-state index contributed by atoms with van der Waals surface area (Å²) in [4.78, 5) is 2.31. The molecule has 6 aromatic rings. The third-order valence-corrected chi connectivity index (χ3v) is 8.29. The summed E-state index contributed by atoms with van der Waals surface area (Å²) in [5, 5.41) is 0. The van der Waals surface area contributed by atoms with E-state index in [0.29, 0.717) is 0 Å². The second-order valence-corrected chi connectivity index (χ2v) is 10.8. The molecule has 0 unspecified atom stereocenters. The van der Waals surface area contributed by atoms with Crippen LogP contribution in [0.3, 0.4) is 0 Å². The number of benzene rings is 6. The van der Waals surface area contributed by atoms with Gasteiger partial charge in [0.05, 0.1) is 5.41 Å². The molecule has 0 saturated heterocycles. The zero-order valence-electron chi connectivity index (χ0n) is 21.3. The Labute approximate surface area is 238 Å². The summed E-state index contributed by atoms with van der Waals surface area (Å²) in [6.45, 7) is 0. The average molecular weight is 565 g/mol. The molecule has 39 heavy (non-hydrogen) atoms. The maximum Gasteiger partial charge on any atom is 0.0713 e. The molecule has 0 N–H and O–H groups in total. The summed E-state index contributed by atoms with van der Waals surface area (Å²) in [7, 11) is 0. The van der Waals surface area contributed by atoms with E-state index in [2.05, 4.69) is 179 Å². The zero-order chi connectivity index (χ0) is 26.2. The number of nitrogens with zero attached hydrogens (tertiary/aromatic N) is 1. The monoisotopic (exact) mass is 563 g/mol. The van der Waals surface area contributed by atoms with E-state index < -0.39 is 5.41 Å². The van der Waals surface area contributed by atoms with E-state index in [1.54, 1.807) is 0 Å². The number of fused-ring (bicyclic) bond motifs is 3. The largest absolute Gasteiger partial charge is 0.311 e. The van der Waals surface area contributed by atoms with Crippen LogP contribution < -0.4 is 4.90 Å². The number of para-hydroxylation sites is 2. The van der Waals surface area contributed by atoms with E-state index in [9.17, 15) is 0 Å². The van der Waals surface area contributed by atoms with E-state index in [-0.39, 0.29) is 0 Å². The van der Waals surface area contributed by atoms with Crippen molar-refractivity contribution in [1.82, 2.24) is 0 Å². The van der Waals surface area contributed by atoms with Crippen molar-refractivity contribution in [2.24, 2.45) is 0 Å². The van der Waals surface area contributed by atoms with Gasteiger partial charge in [0, 0.05) is 21.5 Å². The van der Waals surface area contributed by atoms with Crippen LogP contribution in [0.4, 0.5) is 17.1 Å². The fraction of sp³-hybridized carbons (Fsp3) is 0.0270. The average Bonchev–Trinajstić information content (AvgIpc) is 3.30. The molecule has 1 aliphatic carbocycles. The molecule has 6 aromatic carbocycles. The predicted molar refractivity (Wildman–Crippen MR) is 166 cm³/mol. The Morgan fingerprint density at radius 1 is 0.410 bits per heavy atom. The van der Waals surface area contributed by atoms with Gasteiger partial charge in [-0.1, -0.05) is 125 Å². The second kappa shape index (κ2) is 9.72. The molecule has 1 nitrogen and oxygen atoms in total. The smallest absolute Gasteiger partial charge is 0.0713 e. The Morgan fingerprint density at radius 3 is 1.44 bits per heavy atom. The summed E-state index contributed by atoms with van der Waals surface area (Å²) in [5.74, 6) is 0. The lowest BCUT2D eigenvalue weighted by molar-refractivity contribution is 0.768. The molecule has 1 aliphatic rings. The predicted octanol–water partition coefficient (Wildman–Crippen LogP) is 10.3. The zero-order valence-corrected chi connectivity index (χ0v) is 22.9. The lowest BCUT2D eigenvalue weighted by Gasteiger charge is -2.34. The van der Waals surface area contributed by atoms with Crippen LogP contribution in [0.1, 0.15) is 22.3 Å². The first-order valence-corrected chi connectivity index (χ1v) is 14.0. The fourth-order valence-electron chi connectivity index (χ4n) is 6.21. The highest BCUT2D eigenvalue weighted by Crippen LogP contribution is 2.56. The van der Waals surface area contributed by atoms with Gasteiger partial charge in [-0.3, -0.25) is 0 Å². The molecule has 0 fully saturated rings. The minimum atomic E-state index is -0.417. The fourth-order valence-corrected chi connectivity index (χ4v) is 6.61. The minimum Gasteiger partial charge on any atom is -0.311 e. The Kier molecular flexibility index (Phi) is 5.91. The van der Waals surface area contributed by atoms with Gasteiger partial charge in [0.2, 0.25) is 0 Å². The third-order valence-electron chi connectivity index (χ3n) is 7.80. The first kappa shape index (κ1) is 23.7. The molecule has 0 bridgehead atoms. The number of anilines is 3. The molecule has 0 aromatic heterocycles. The molecule has 0 atom stereocenters. The van der Waals surface area contributed by atoms with E-state index >= 15 is 0 Å². The van der Waals surface area contributed by atoms with Crippen molar-refractivity contribution in [3.8, 4) is 11.1 Å². The van der Waals surface area contributed by atoms with E-state index in [1.165, 1.54) is 33.4 Å². The summed E-state index contributed by atoms with van der Waals surface area (Å²) >= 11 is 3.76. The van der Waals surface area contributed by atoms with Crippen molar-refractivity contribution in [2.75, 3.05) is 4.90 Å². The topological polar surface area (TPSA) is 3.24 Å². The Hall–Kier alpha value is -4.40. The first-order valence-electron chi connectivity index (χ1n) is 13.2. The molecule has 2 heteroatoms. The van der Waals surface area contributed by atoms with Crippen molar-refractivity contribution in [3.05, 3.63) is 184 Å². The molecule has 0 radical (unpaired) electrons. The highest BCUT2D eigenvalue weighted by Gasteiger charge is 2.45. The summed E-state index contributed by atoms with van der Waals surface area (Å²) in [5.41, 5.74) is 10.7. The van der Waals surface area contributed by atoms with Crippen LogP contribution in [0.5, 0.6) is 0 Å². The van der Waals surface area contributed by atoms with Gasteiger partial charge in [0.25, 0.3) is 0 Å². The minimum absolute atomic E-state index is 0.417. The van der Waals surface area contributed by atoms with Crippen LogP contribution in [0, 0.1) is 0 Å². The van der Waals surface area contributed by atoms with Crippen LogP contribution >= 0.6 is 15.9 Å². The van der Waals surface area contributed by atoms with Crippen LogP contribution in [0.15, 0.2) is 162 Å². The lowest BCUT2D eigenvalue weighted by Crippen LogP contribution is -2.28. The van der Waals surface area contributed by atoms with Gasteiger partial charge < -0.3 is 4.90 Å². The van der Waals surface area contributed by atoms with Crippen molar-refractivity contribution in [1.29, 1.82) is 0 Å². The lowest BCUT2D eigenvalue weighted by atomic mass is 9.67. The molecule has 0 spiro atoms. The SMILES string of the molecule is Brc1cccc(C2(c3ccc(N(c4ccccc4)c4ccccc4)cc3)c3ccccc3-c3ccccc32)c1. The van der Waals surface area contributed by atoms with E-state index in [0.717, 1.165) is 21.5 Å². The third kappa shape index (κ3) is 3.83. The molecular formula is C37H26BrN. The highest BCUT2D eigenvalue weighted by atomic mass is 79.9. The van der Waals surface area contributed by atoms with E-state index in [4.69, 9.17) is 0 Å². The summed E-state index contributed by atoms with van der Waals surface area (Å²) in [6, 6.07) is 56.8. The van der Waals surface area contributed by atoms with Crippen molar-refractivity contribution < 1.29 is 0 Å². The Morgan fingerprint density at radius 2 is 0.897 bits per heavy atom. The van der Waals surface area contributed by atoms with Gasteiger partial charge in [-0.05, 0) is 81.9 Å². The van der Waals surface area contributed by atoms with Gasteiger partial charge in [-0.2, -0.15) is 0 Å². The molecule has 0 saturated carbocycles. The Bertz CT molecular complexity index is 1670. The summed E-state index contributed by atoms with van der Waals surface area (Å²) < 4.78 is 1.08. The number of hydrogen-bond donors (Lipinski definition) is 0. The maximum absolute atomic E-state index is 3.76. The standard InChI is InChI=1S/C37H26BrN/c38-29-13-11-12-28(26-29)37(35-20-9-7-18-33(35)34-19-8-10-21-36(34)37)27-22-24-32(25-23-27)39(30-14-3-1-4-15-30)31-16-5-2-6-17-31/h1-26H. The van der Waals surface area contributed by atoms with Crippen LogP contribution in [-0.2, 0) is 5.41 Å². The van der Waals surface area contributed by atoms with E-state index in [1.807, 2.05) is 0 Å². The molecule has 0 aliphatic heterocycles. The van der Waals surface area contributed by atoms with Crippen LogP contribution in [0.25, 0.3) is 11.1 Å². The van der Waals surface area contributed by atoms with Gasteiger partial charge >= 0.3 is 0 Å². The molecule has 186 valence electrons. The Balaban J connectivity index is 1.46. The number of halogens is 1. The normalized spacial score (nSPS) is 12.9. The van der Waals surface area contributed by atoms with Gasteiger partial charge in [-0.15, -0.1) is 0 Å². The maximum atomic E-state index is 3.76. The van der Waals surface area contributed by atoms with Crippen molar-refractivity contribution >= 4 is 33.0 Å². The first-order chi connectivity index (χ1) is 19.3. The van der Waals surface area contributed by atoms with Crippen LogP contribution in [-0.4, -0.2) is 0 Å². The van der Waals surface area contributed by atoms with Gasteiger partial charge in [0.1, 0.15) is 0 Å². The quantitative estimate of drug-likeness (QED) is 0.201. The number of rotatable bonds is 5. The van der Waals surface area contributed by atoms with Gasteiger partial charge in [-0.25, -0.2) is 0 Å². The molecular weight excluding hydrogens is 538 g/mol. The van der Waals surface area contributed by atoms with Gasteiger partial charge in [0.15, 0.2) is 0 Å². The van der Waals surface area contributed by atoms with Crippen molar-refractivity contribution in [3.63, 3.8) is 0 Å². The molecule has 0 amide bonds. The van der Waals surface area contributed by atoms with Crippen molar-refractivity contribution in [2.45, 2.75) is 5.41 Å².